The molecule has 0 bridgehead atoms. The first-order valence-electron chi connectivity index (χ1n) is 14.3. The van der Waals surface area contributed by atoms with Crippen molar-refractivity contribution in [1.82, 2.24) is 18.9 Å². The molecule has 0 spiro atoms. The number of hydrogen-bond acceptors (Lipinski definition) is 7. The highest BCUT2D eigenvalue weighted by Gasteiger charge is 2.25. The lowest BCUT2D eigenvalue weighted by molar-refractivity contribution is 0.0695. The summed E-state index contributed by atoms with van der Waals surface area (Å²) in [6.07, 6.45) is 1.31. The summed E-state index contributed by atoms with van der Waals surface area (Å²) < 4.78 is 18.8. The summed E-state index contributed by atoms with van der Waals surface area (Å²) in [6.45, 7) is 10.2. The first-order valence-corrected chi connectivity index (χ1v) is 14.7. The number of aryl methyl sites for hydroxylation is 1. The minimum Gasteiger partial charge on any atom is -0.493 e. The van der Waals surface area contributed by atoms with E-state index in [1.54, 1.807) is 15.2 Å². The van der Waals surface area contributed by atoms with Crippen molar-refractivity contribution >= 4 is 56.5 Å². The maximum absolute atomic E-state index is 15.3. The molecule has 2 N–H and O–H groups in total. The van der Waals surface area contributed by atoms with Gasteiger partial charge < -0.3 is 24.6 Å². The average molecular weight is 608 g/mol. The quantitative estimate of drug-likeness (QED) is 0.212. The van der Waals surface area contributed by atoms with Crippen molar-refractivity contribution in [3.05, 3.63) is 64.2 Å². The van der Waals surface area contributed by atoms with Gasteiger partial charge in [-0.2, -0.15) is 0 Å². The molecular formula is C30H34FN7O4S. The number of halogens is 1. The lowest BCUT2D eigenvalue weighted by Crippen LogP contribution is -2.47. The van der Waals surface area contributed by atoms with E-state index in [1.807, 2.05) is 54.8 Å². The molecule has 0 aliphatic carbocycles. The Bertz CT molecular complexity index is 1790. The van der Waals surface area contributed by atoms with Crippen LogP contribution >= 0.6 is 12.2 Å². The molecule has 226 valence electrons. The van der Waals surface area contributed by atoms with Gasteiger partial charge in [0.05, 0.1) is 23.4 Å². The molecule has 2 aromatic carbocycles. The first kappa shape index (κ1) is 30.1. The fourth-order valence-corrected chi connectivity index (χ4v) is 5.85. The van der Waals surface area contributed by atoms with Crippen molar-refractivity contribution < 1.29 is 19.4 Å². The van der Waals surface area contributed by atoms with E-state index in [1.165, 1.54) is 6.20 Å². The molecule has 13 heteroatoms. The van der Waals surface area contributed by atoms with Crippen LogP contribution in [0.1, 0.15) is 31.1 Å². The highest BCUT2D eigenvalue weighted by Crippen LogP contribution is 2.39. The number of hydrogen-bond donors (Lipinski definition) is 2. The van der Waals surface area contributed by atoms with E-state index in [4.69, 9.17) is 12.2 Å². The number of pyridine rings is 1. The van der Waals surface area contributed by atoms with Gasteiger partial charge in [0.1, 0.15) is 11.4 Å². The van der Waals surface area contributed by atoms with Gasteiger partial charge in [0.25, 0.3) is 0 Å². The summed E-state index contributed by atoms with van der Waals surface area (Å²) in [4.78, 5) is 30.2. The van der Waals surface area contributed by atoms with Crippen LogP contribution in [0.5, 0.6) is 5.88 Å². The molecule has 0 atom stereocenters. The number of anilines is 1. The van der Waals surface area contributed by atoms with Crippen LogP contribution < -0.4 is 10.3 Å². The van der Waals surface area contributed by atoms with Crippen LogP contribution in [0, 0.1) is 5.82 Å². The zero-order valence-corrected chi connectivity index (χ0v) is 25.1. The lowest BCUT2D eigenvalue weighted by Gasteiger charge is -2.36. The van der Waals surface area contributed by atoms with Gasteiger partial charge in [0.2, 0.25) is 16.4 Å². The second-order valence-electron chi connectivity index (χ2n) is 10.3. The number of piperazine rings is 1. The van der Waals surface area contributed by atoms with Crippen LogP contribution in [0.4, 0.5) is 15.8 Å². The third-order valence-electron chi connectivity index (χ3n) is 7.96. The summed E-state index contributed by atoms with van der Waals surface area (Å²) in [7, 11) is 0. The second kappa shape index (κ2) is 12.5. The number of aromatic hydroxyl groups is 1. The monoisotopic (exact) mass is 607 g/mol. The largest absolute Gasteiger partial charge is 0.493 e. The van der Waals surface area contributed by atoms with Gasteiger partial charge in [0, 0.05) is 62.8 Å². The van der Waals surface area contributed by atoms with Crippen LogP contribution in [-0.2, 0) is 13.2 Å². The Balaban J connectivity index is 1.37. The smallest absolute Gasteiger partial charge is 0.341 e. The third-order valence-corrected chi connectivity index (χ3v) is 8.30. The number of para-hydroxylation sites is 1. The molecule has 1 aliphatic heterocycles. The number of carbonyl (C=O) groups is 1. The number of thiocarbonyl (C=S) groups is 1. The minimum absolute atomic E-state index is 0.00596. The SMILES string of the molecule is CCN(CC)C(=S)N=Nc1c(O)n(CN2CCN(c3cc4c(cc3F)c(=O)c(C(=O)O)cn4CC)CC2)c2ccccc12. The number of benzene rings is 2. The molecule has 2 aromatic heterocycles. The number of aromatic carboxylic acids is 1. The van der Waals surface area contributed by atoms with Gasteiger partial charge in [-0.15, -0.1) is 10.2 Å². The summed E-state index contributed by atoms with van der Waals surface area (Å²) in [6, 6.07) is 10.4. The van der Waals surface area contributed by atoms with Gasteiger partial charge in [-0.3, -0.25) is 14.3 Å². The maximum Gasteiger partial charge on any atom is 0.341 e. The Morgan fingerprint density at radius 2 is 1.74 bits per heavy atom. The average Bonchev–Trinajstić information content (AvgIpc) is 3.27. The van der Waals surface area contributed by atoms with Gasteiger partial charge in [-0.1, -0.05) is 18.2 Å². The van der Waals surface area contributed by atoms with Crippen LogP contribution in [0.25, 0.3) is 21.8 Å². The van der Waals surface area contributed by atoms with Crippen LogP contribution in [0.2, 0.25) is 0 Å². The second-order valence-corrected chi connectivity index (χ2v) is 10.7. The van der Waals surface area contributed by atoms with E-state index in [0.717, 1.165) is 17.0 Å². The Labute approximate surface area is 253 Å². The summed E-state index contributed by atoms with van der Waals surface area (Å²) >= 11 is 5.40. The summed E-state index contributed by atoms with van der Waals surface area (Å²) in [5.41, 5.74) is 0.932. The number of nitrogens with zero attached hydrogens (tertiary/aromatic N) is 7. The molecule has 0 radical (unpaired) electrons. The van der Waals surface area contributed by atoms with E-state index in [0.29, 0.717) is 74.5 Å². The van der Waals surface area contributed by atoms with Gasteiger partial charge in [0.15, 0.2) is 5.69 Å². The maximum atomic E-state index is 15.3. The molecule has 0 unspecified atom stereocenters. The number of azo groups is 1. The Kier molecular flexibility index (Phi) is 8.74. The predicted octanol–water partition coefficient (Wildman–Crippen LogP) is 5.01. The van der Waals surface area contributed by atoms with Crippen molar-refractivity contribution in [2.24, 2.45) is 10.2 Å². The first-order chi connectivity index (χ1) is 20.7. The molecule has 5 rings (SSSR count). The number of rotatable bonds is 8. The molecule has 1 saturated heterocycles. The lowest BCUT2D eigenvalue weighted by atomic mass is 10.1. The van der Waals surface area contributed by atoms with Gasteiger partial charge in [-0.25, -0.2) is 9.18 Å². The fourth-order valence-electron chi connectivity index (χ4n) is 5.55. The normalized spacial score (nSPS) is 14.3. The predicted molar refractivity (Wildman–Crippen MR) is 168 cm³/mol. The Hall–Kier alpha value is -4.36. The topological polar surface area (TPSA) is 119 Å². The van der Waals surface area contributed by atoms with E-state index in [2.05, 4.69) is 15.1 Å². The molecule has 1 aliphatic rings. The van der Waals surface area contributed by atoms with E-state index in [9.17, 15) is 19.8 Å². The molecule has 11 nitrogen and oxygen atoms in total. The van der Waals surface area contributed by atoms with Gasteiger partial charge >= 0.3 is 5.97 Å². The van der Waals surface area contributed by atoms with Crippen molar-refractivity contribution in [2.45, 2.75) is 34.0 Å². The zero-order chi connectivity index (χ0) is 30.8. The van der Waals surface area contributed by atoms with Crippen LogP contribution in [0.3, 0.4) is 0 Å². The van der Waals surface area contributed by atoms with Crippen LogP contribution in [0.15, 0.2) is 57.6 Å². The molecule has 4 aromatic rings. The van der Waals surface area contributed by atoms with Gasteiger partial charge in [-0.05, 0) is 51.2 Å². The van der Waals surface area contributed by atoms with Crippen molar-refractivity contribution in [1.29, 1.82) is 0 Å². The fraction of sp³-hybridized carbons (Fsp3) is 0.367. The summed E-state index contributed by atoms with van der Waals surface area (Å²) in [5, 5.41) is 30.3. The number of carboxylic acid groups (broad SMARTS) is 1. The highest BCUT2D eigenvalue weighted by atomic mass is 32.1. The van der Waals surface area contributed by atoms with Crippen LogP contribution in [-0.4, -0.2) is 79.5 Å². The minimum atomic E-state index is -1.34. The number of carboxylic acids is 1. The molecule has 43 heavy (non-hydrogen) atoms. The van der Waals surface area contributed by atoms with E-state index in [-0.39, 0.29) is 16.8 Å². The number of aromatic nitrogens is 2. The highest BCUT2D eigenvalue weighted by molar-refractivity contribution is 7.80. The summed E-state index contributed by atoms with van der Waals surface area (Å²) in [5.74, 6) is -1.92. The standard InChI is InChI=1S/C30H34FN7O4S/c1-4-35(5-2)30(43)33-32-26-19-9-7-8-10-23(19)38(28(26)40)18-34-11-13-37(14-12-34)25-16-24-20(15-22(25)31)27(39)21(29(41)42)17-36(24)6-3/h7-10,15-17,40H,4-6,11-14,18H2,1-3H3,(H,41,42). The molecule has 0 amide bonds. The van der Waals surface area contributed by atoms with Crippen molar-refractivity contribution in [3.8, 4) is 5.88 Å². The van der Waals surface area contributed by atoms with E-state index < -0.39 is 17.2 Å². The molecular weight excluding hydrogens is 573 g/mol. The Morgan fingerprint density at radius 1 is 1.05 bits per heavy atom. The van der Waals surface area contributed by atoms with E-state index >= 15 is 4.39 Å². The van der Waals surface area contributed by atoms with Crippen molar-refractivity contribution in [2.75, 3.05) is 44.2 Å². The molecule has 1 fully saturated rings. The van der Waals surface area contributed by atoms with Crippen molar-refractivity contribution in [3.63, 3.8) is 0 Å². The zero-order valence-electron chi connectivity index (χ0n) is 24.3. The Morgan fingerprint density at radius 3 is 2.40 bits per heavy atom. The third kappa shape index (κ3) is 5.69. The molecule has 3 heterocycles. The molecule has 0 saturated carbocycles. The number of fused-ring (bicyclic) bond motifs is 2.